The molecule has 0 bridgehead atoms. The number of rotatable bonds is 21. The highest BCUT2D eigenvalue weighted by molar-refractivity contribution is 5.74. The van der Waals surface area contributed by atoms with Crippen LogP contribution in [0.3, 0.4) is 0 Å². The van der Waals surface area contributed by atoms with E-state index in [1.165, 1.54) is 42.7 Å². The highest BCUT2D eigenvalue weighted by Gasteiger charge is 2.59. The van der Waals surface area contributed by atoms with Crippen molar-refractivity contribution in [3.63, 3.8) is 0 Å². The van der Waals surface area contributed by atoms with Crippen molar-refractivity contribution in [2.24, 2.45) is 5.11 Å². The molecule has 25 atom stereocenters. The SMILES string of the molecule is COC1C(OC)[C@H](O[C@H]2OC(CO)[C@@H](OC)C(OC)C2N=[N+]=[N-])C(C(=O)O)O[C@H]1O[C@@H]1C(CO)O[C@H](O[C@@H]2C(C(=O)O)O[C@@H](O[C@@H]3C(CO)O[C@H](OC)C(O)C3O)C(OC)C2OC)C(O)C1O. The molecule has 67 heavy (non-hydrogen) atoms. The number of hydrogen-bond acceptors (Lipinski definition) is 26. The number of ether oxygens (including phenoxy) is 16. The van der Waals surface area contributed by atoms with E-state index in [2.05, 4.69) is 10.0 Å². The fraction of sp³-hybridized carbons (Fsp3) is 0.946. The Bertz CT molecular complexity index is 1620. The summed E-state index contributed by atoms with van der Waals surface area (Å²) in [5.74, 6) is -3.31. The number of methoxy groups -OCH3 is 7. The molecule has 30 nitrogen and oxygen atoms in total. The molecule has 0 aliphatic carbocycles. The summed E-state index contributed by atoms with van der Waals surface area (Å²) >= 11 is 0. The third-order valence-corrected chi connectivity index (χ3v) is 12.1. The van der Waals surface area contributed by atoms with Gasteiger partial charge in [-0.3, -0.25) is 0 Å². The minimum Gasteiger partial charge on any atom is -0.479 e. The van der Waals surface area contributed by atoms with E-state index in [1.54, 1.807) is 0 Å². The van der Waals surface area contributed by atoms with Gasteiger partial charge in [0.05, 0.1) is 25.9 Å². The predicted octanol–water partition coefficient (Wildman–Crippen LogP) is -5.84. The van der Waals surface area contributed by atoms with Crippen molar-refractivity contribution in [1.82, 2.24) is 0 Å². The molecule has 5 rings (SSSR count). The first-order chi connectivity index (χ1) is 32.1. The monoisotopic (exact) mass is 979 g/mol. The molecule has 5 aliphatic heterocycles. The minimum absolute atomic E-state index is 0.618. The number of carboxylic acid groups (broad SMARTS) is 2. The van der Waals surface area contributed by atoms with E-state index in [1.807, 2.05) is 0 Å². The lowest BCUT2D eigenvalue weighted by Crippen LogP contribution is -2.69. The molecule has 5 aliphatic rings. The molecular weight excluding hydrogens is 918 g/mol. The molecule has 15 unspecified atom stereocenters. The second-order valence-electron chi connectivity index (χ2n) is 15.7. The third-order valence-electron chi connectivity index (χ3n) is 12.1. The minimum atomic E-state index is -2.12. The molecule has 5 heterocycles. The van der Waals surface area contributed by atoms with E-state index in [4.69, 9.17) is 75.8 Å². The van der Waals surface area contributed by atoms with Gasteiger partial charge >= 0.3 is 11.9 Å². The van der Waals surface area contributed by atoms with Crippen molar-refractivity contribution in [2.45, 2.75) is 153 Å². The molecule has 30 heteroatoms. The lowest BCUT2D eigenvalue weighted by Gasteiger charge is -2.50. The summed E-state index contributed by atoms with van der Waals surface area (Å²) in [7, 11) is 8.44. The van der Waals surface area contributed by atoms with Crippen LogP contribution in [0.25, 0.3) is 10.4 Å². The average molecular weight is 980 g/mol. The molecule has 386 valence electrons. The first kappa shape index (κ1) is 55.3. The molecular formula is C37H61N3O27. The summed E-state index contributed by atoms with van der Waals surface area (Å²) in [5, 5.41) is 99.4. The lowest BCUT2D eigenvalue weighted by atomic mass is 9.94. The van der Waals surface area contributed by atoms with E-state index in [0.29, 0.717) is 0 Å². The number of aliphatic hydroxyl groups is 7. The van der Waals surface area contributed by atoms with Crippen LogP contribution in [0.4, 0.5) is 0 Å². The highest BCUT2D eigenvalue weighted by atomic mass is 16.8. The Kier molecular flexibility index (Phi) is 20.6. The van der Waals surface area contributed by atoms with Gasteiger partial charge in [-0.05, 0) is 5.53 Å². The van der Waals surface area contributed by atoms with Crippen LogP contribution in [-0.4, -0.2) is 281 Å². The molecule has 0 radical (unpaired) electrons. The third kappa shape index (κ3) is 11.4. The number of carbonyl (C=O) groups is 2. The van der Waals surface area contributed by atoms with E-state index >= 15 is 0 Å². The number of carboxylic acids is 2. The van der Waals surface area contributed by atoms with Gasteiger partial charge in [-0.1, -0.05) is 5.11 Å². The molecule has 0 aromatic carbocycles. The Morgan fingerprint density at radius 2 is 0.806 bits per heavy atom. The van der Waals surface area contributed by atoms with Gasteiger partial charge < -0.3 is 122 Å². The number of nitrogens with zero attached hydrogens (tertiary/aromatic N) is 3. The maximum atomic E-state index is 12.8. The van der Waals surface area contributed by atoms with E-state index in [-0.39, 0.29) is 0 Å². The Morgan fingerprint density at radius 1 is 0.448 bits per heavy atom. The van der Waals surface area contributed by atoms with Crippen molar-refractivity contribution in [2.75, 3.05) is 69.6 Å². The van der Waals surface area contributed by atoms with Gasteiger partial charge in [0.15, 0.2) is 43.7 Å². The fourth-order valence-corrected chi connectivity index (χ4v) is 8.83. The number of azide groups is 1. The van der Waals surface area contributed by atoms with Crippen molar-refractivity contribution < 1.29 is 131 Å². The van der Waals surface area contributed by atoms with Crippen LogP contribution in [0.2, 0.25) is 0 Å². The normalized spacial score (nSPS) is 46.1. The number of hydrogen-bond donors (Lipinski definition) is 9. The van der Waals surface area contributed by atoms with Crippen LogP contribution in [0.5, 0.6) is 0 Å². The summed E-state index contributed by atoms with van der Waals surface area (Å²) in [4.78, 5) is 28.4. The zero-order chi connectivity index (χ0) is 49.4. The first-order valence-corrected chi connectivity index (χ1v) is 20.7. The van der Waals surface area contributed by atoms with E-state index < -0.39 is 185 Å². The van der Waals surface area contributed by atoms with Crippen LogP contribution >= 0.6 is 0 Å². The molecule has 0 aromatic rings. The quantitative estimate of drug-likeness (QED) is 0.0294. The summed E-state index contributed by atoms with van der Waals surface area (Å²) < 4.78 is 91.1. The molecule has 0 spiro atoms. The van der Waals surface area contributed by atoms with Gasteiger partial charge in [-0.25, -0.2) is 9.59 Å². The average Bonchev–Trinajstić information content (AvgIpc) is 3.32. The van der Waals surface area contributed by atoms with Crippen LogP contribution in [0.15, 0.2) is 5.11 Å². The summed E-state index contributed by atoms with van der Waals surface area (Å²) in [6, 6.07) is -1.31. The zero-order valence-electron chi connectivity index (χ0n) is 37.3. The smallest absolute Gasteiger partial charge is 0.335 e. The number of aliphatic hydroxyl groups excluding tert-OH is 7. The summed E-state index contributed by atoms with van der Waals surface area (Å²) in [5.41, 5.74) is 9.38. The molecule has 9 N–H and O–H groups in total. The molecule has 0 aromatic heterocycles. The van der Waals surface area contributed by atoms with Crippen molar-refractivity contribution >= 4 is 11.9 Å². The van der Waals surface area contributed by atoms with Gasteiger partial charge in [-0.2, -0.15) is 0 Å². The van der Waals surface area contributed by atoms with Crippen molar-refractivity contribution in [1.29, 1.82) is 0 Å². The van der Waals surface area contributed by atoms with Crippen LogP contribution in [0.1, 0.15) is 0 Å². The molecule has 0 amide bonds. The maximum absolute atomic E-state index is 12.8. The Balaban J connectivity index is 1.35. The topological polar surface area (TPSA) is 413 Å². The Labute approximate surface area is 381 Å². The largest absolute Gasteiger partial charge is 0.479 e. The molecule has 5 saturated heterocycles. The summed E-state index contributed by atoms with van der Waals surface area (Å²) in [6.07, 6.45) is -38.6. The van der Waals surface area contributed by atoms with Gasteiger partial charge in [0.25, 0.3) is 0 Å². The fourth-order valence-electron chi connectivity index (χ4n) is 8.83. The van der Waals surface area contributed by atoms with Gasteiger partial charge in [-0.15, -0.1) is 0 Å². The van der Waals surface area contributed by atoms with Crippen molar-refractivity contribution in [3.8, 4) is 0 Å². The second-order valence-corrected chi connectivity index (χ2v) is 15.7. The van der Waals surface area contributed by atoms with Crippen LogP contribution in [0, 0.1) is 0 Å². The molecule has 0 saturated carbocycles. The zero-order valence-corrected chi connectivity index (χ0v) is 37.3. The van der Waals surface area contributed by atoms with Crippen LogP contribution in [-0.2, 0) is 85.4 Å². The lowest BCUT2D eigenvalue weighted by molar-refractivity contribution is -0.389. The summed E-state index contributed by atoms with van der Waals surface area (Å²) in [6.45, 7) is -2.32. The maximum Gasteiger partial charge on any atom is 0.335 e. The Hall–Kier alpha value is -2.67. The van der Waals surface area contributed by atoms with Gasteiger partial charge in [0.2, 0.25) is 0 Å². The van der Waals surface area contributed by atoms with Gasteiger partial charge in [0, 0.05) is 54.7 Å². The van der Waals surface area contributed by atoms with E-state index in [9.17, 15) is 61.1 Å². The predicted molar refractivity (Wildman–Crippen MR) is 208 cm³/mol. The van der Waals surface area contributed by atoms with Crippen molar-refractivity contribution in [3.05, 3.63) is 10.4 Å². The molecule has 5 fully saturated rings. The number of aliphatic carboxylic acids is 2. The highest BCUT2D eigenvalue weighted by Crippen LogP contribution is 2.38. The van der Waals surface area contributed by atoms with Crippen LogP contribution < -0.4 is 0 Å². The second kappa shape index (κ2) is 24.9. The standard InChI is InChI=1S/C37H61N3O27/c1-52-21-13(10-43)59-33(14(39-40-38)22(21)53-2)64-25-23(54-3)29(56-5)36(66-27(25)31(48)49)63-20-12(9-42)61-35(18(47)16(20)45)65-26-24(55-4)30(57-6)37(67-28(26)32(50)51)62-19-11(8-41)60-34(58-7)17(46)15(19)44/h11-30,33-37,41-47H,8-10H2,1-7H3,(H,48,49)(H,50,51)/t11?,12?,13?,14?,15?,16?,17?,18?,19-,20-,21-,22?,23?,24?,25+,26+,27?,28?,29?,30?,33-,34+,35-,36-,37-/m1/s1. The van der Waals surface area contributed by atoms with Gasteiger partial charge in [0.1, 0.15) is 104 Å². The first-order valence-electron chi connectivity index (χ1n) is 20.7. The Morgan fingerprint density at radius 3 is 1.18 bits per heavy atom. The van der Waals surface area contributed by atoms with E-state index in [0.717, 1.165) is 7.11 Å².